The lowest BCUT2D eigenvalue weighted by molar-refractivity contribution is 0.134. The number of halogens is 1. The molecular formula is C21H30IN5O. The molecule has 152 valence electrons. The molecule has 7 heteroatoms. The molecule has 3 rings (SSSR count). The van der Waals surface area contributed by atoms with Crippen molar-refractivity contribution in [1.29, 1.82) is 0 Å². The number of guanidine groups is 1. The van der Waals surface area contributed by atoms with Gasteiger partial charge >= 0.3 is 0 Å². The molecule has 1 saturated heterocycles. The third-order valence-electron chi connectivity index (χ3n) is 4.71. The number of aliphatic imine (C=N–C) groups is 1. The van der Waals surface area contributed by atoms with Crippen molar-refractivity contribution in [1.82, 2.24) is 15.2 Å². The number of ether oxygens (including phenoxy) is 1. The Morgan fingerprint density at radius 1 is 1.07 bits per heavy atom. The van der Waals surface area contributed by atoms with Gasteiger partial charge in [-0.3, -0.25) is 4.99 Å². The van der Waals surface area contributed by atoms with Crippen molar-refractivity contribution in [2.75, 3.05) is 44.7 Å². The standard InChI is InChI=1S/C21H29N5O.HI/c1-3-27-17-19-9-7-18(8-10-19)16-24-21(22-2)26-14-12-25(13-15-26)20-6-4-5-11-23-20;/h4-11H,3,12-17H2,1-2H3,(H,22,24);1H. The van der Waals surface area contributed by atoms with E-state index in [9.17, 15) is 0 Å². The van der Waals surface area contributed by atoms with E-state index >= 15 is 0 Å². The molecular weight excluding hydrogens is 465 g/mol. The van der Waals surface area contributed by atoms with Crippen molar-refractivity contribution in [3.05, 3.63) is 59.8 Å². The van der Waals surface area contributed by atoms with E-state index in [1.54, 1.807) is 0 Å². The molecule has 1 fully saturated rings. The lowest BCUT2D eigenvalue weighted by Crippen LogP contribution is -2.52. The zero-order chi connectivity index (χ0) is 18.9. The van der Waals surface area contributed by atoms with Crippen LogP contribution in [0.4, 0.5) is 5.82 Å². The van der Waals surface area contributed by atoms with Crippen LogP contribution >= 0.6 is 24.0 Å². The molecule has 2 aromatic rings. The Balaban J connectivity index is 0.00000280. The summed E-state index contributed by atoms with van der Waals surface area (Å²) in [6.45, 7) is 7.96. The van der Waals surface area contributed by atoms with Gasteiger partial charge in [-0.15, -0.1) is 24.0 Å². The van der Waals surface area contributed by atoms with Crippen LogP contribution in [-0.4, -0.2) is 55.7 Å². The monoisotopic (exact) mass is 495 g/mol. The average molecular weight is 495 g/mol. The van der Waals surface area contributed by atoms with Gasteiger partial charge in [0.1, 0.15) is 5.82 Å². The highest BCUT2D eigenvalue weighted by molar-refractivity contribution is 14.0. The molecule has 0 atom stereocenters. The van der Waals surface area contributed by atoms with E-state index in [1.165, 1.54) is 11.1 Å². The number of aromatic nitrogens is 1. The smallest absolute Gasteiger partial charge is 0.194 e. The summed E-state index contributed by atoms with van der Waals surface area (Å²) in [6, 6.07) is 14.6. The van der Waals surface area contributed by atoms with Gasteiger partial charge in [0.05, 0.1) is 6.61 Å². The van der Waals surface area contributed by atoms with E-state index in [2.05, 4.69) is 55.4 Å². The fourth-order valence-corrected chi connectivity index (χ4v) is 3.17. The van der Waals surface area contributed by atoms with E-state index in [-0.39, 0.29) is 24.0 Å². The van der Waals surface area contributed by atoms with Gasteiger partial charge in [0.2, 0.25) is 0 Å². The summed E-state index contributed by atoms with van der Waals surface area (Å²) in [5.41, 5.74) is 2.44. The van der Waals surface area contributed by atoms with Gasteiger partial charge in [-0.25, -0.2) is 4.98 Å². The molecule has 6 nitrogen and oxygen atoms in total. The first kappa shape index (κ1) is 22.4. The first-order valence-corrected chi connectivity index (χ1v) is 9.57. The number of piperazine rings is 1. The first-order valence-electron chi connectivity index (χ1n) is 9.57. The Bertz CT molecular complexity index is 715. The Morgan fingerprint density at radius 3 is 2.39 bits per heavy atom. The van der Waals surface area contributed by atoms with Crippen LogP contribution < -0.4 is 10.2 Å². The first-order chi connectivity index (χ1) is 13.3. The lowest BCUT2D eigenvalue weighted by Gasteiger charge is -2.37. The molecule has 28 heavy (non-hydrogen) atoms. The third kappa shape index (κ3) is 6.34. The molecule has 0 amide bonds. The van der Waals surface area contributed by atoms with Gasteiger partial charge < -0.3 is 19.9 Å². The number of rotatable bonds is 6. The summed E-state index contributed by atoms with van der Waals surface area (Å²) in [7, 11) is 1.85. The van der Waals surface area contributed by atoms with Crippen molar-refractivity contribution in [2.45, 2.75) is 20.1 Å². The van der Waals surface area contributed by atoms with Crippen LogP contribution in [0.5, 0.6) is 0 Å². The molecule has 0 spiro atoms. The molecule has 2 heterocycles. The molecule has 0 bridgehead atoms. The highest BCUT2D eigenvalue weighted by Gasteiger charge is 2.20. The fourth-order valence-electron chi connectivity index (χ4n) is 3.17. The summed E-state index contributed by atoms with van der Waals surface area (Å²) in [5, 5.41) is 3.48. The van der Waals surface area contributed by atoms with Crippen LogP contribution in [0.25, 0.3) is 0 Å². The quantitative estimate of drug-likeness (QED) is 0.379. The molecule has 0 aliphatic carbocycles. The molecule has 1 aromatic carbocycles. The summed E-state index contributed by atoms with van der Waals surface area (Å²) in [5.74, 6) is 2.00. The summed E-state index contributed by atoms with van der Waals surface area (Å²) in [4.78, 5) is 13.5. The zero-order valence-corrected chi connectivity index (χ0v) is 19.0. The normalized spacial score (nSPS) is 14.6. The van der Waals surface area contributed by atoms with Gasteiger partial charge in [0.25, 0.3) is 0 Å². The Morgan fingerprint density at radius 2 is 1.79 bits per heavy atom. The second kappa shape index (κ2) is 11.9. The van der Waals surface area contributed by atoms with Crippen LogP contribution in [-0.2, 0) is 17.9 Å². The van der Waals surface area contributed by atoms with Crippen LogP contribution in [0.3, 0.4) is 0 Å². The molecule has 0 unspecified atom stereocenters. The van der Waals surface area contributed by atoms with Crippen LogP contribution in [0.1, 0.15) is 18.1 Å². The third-order valence-corrected chi connectivity index (χ3v) is 4.71. The molecule has 1 N–H and O–H groups in total. The predicted octanol–water partition coefficient (Wildman–Crippen LogP) is 3.13. The molecule has 0 radical (unpaired) electrons. The molecule has 0 saturated carbocycles. The van der Waals surface area contributed by atoms with E-state index in [1.807, 2.05) is 32.3 Å². The predicted molar refractivity (Wildman–Crippen MR) is 125 cm³/mol. The topological polar surface area (TPSA) is 53.0 Å². The maximum Gasteiger partial charge on any atom is 0.194 e. The van der Waals surface area contributed by atoms with Gasteiger partial charge in [-0.05, 0) is 30.2 Å². The number of anilines is 1. The number of hydrogen-bond donors (Lipinski definition) is 1. The molecule has 1 aromatic heterocycles. The lowest BCUT2D eigenvalue weighted by atomic mass is 10.1. The Hall–Kier alpha value is -1.87. The second-order valence-corrected chi connectivity index (χ2v) is 6.52. The van der Waals surface area contributed by atoms with E-state index < -0.39 is 0 Å². The SMILES string of the molecule is CCOCc1ccc(CNC(=NC)N2CCN(c3ccccn3)CC2)cc1.I. The van der Waals surface area contributed by atoms with Gasteiger partial charge in [0.15, 0.2) is 5.96 Å². The van der Waals surface area contributed by atoms with Gasteiger partial charge in [-0.1, -0.05) is 30.3 Å². The minimum atomic E-state index is 0. The summed E-state index contributed by atoms with van der Waals surface area (Å²) >= 11 is 0. The number of hydrogen-bond acceptors (Lipinski definition) is 4. The number of nitrogens with zero attached hydrogens (tertiary/aromatic N) is 4. The Kier molecular flexibility index (Phi) is 9.49. The highest BCUT2D eigenvalue weighted by atomic mass is 127. The summed E-state index contributed by atoms with van der Waals surface area (Å²) in [6.07, 6.45) is 1.85. The largest absolute Gasteiger partial charge is 0.377 e. The maximum atomic E-state index is 5.45. The maximum absolute atomic E-state index is 5.45. The second-order valence-electron chi connectivity index (χ2n) is 6.52. The zero-order valence-electron chi connectivity index (χ0n) is 16.7. The van der Waals surface area contributed by atoms with Gasteiger partial charge in [-0.2, -0.15) is 0 Å². The van der Waals surface area contributed by atoms with Crippen molar-refractivity contribution in [3.63, 3.8) is 0 Å². The van der Waals surface area contributed by atoms with Crippen molar-refractivity contribution in [3.8, 4) is 0 Å². The number of benzene rings is 1. The highest BCUT2D eigenvalue weighted by Crippen LogP contribution is 2.13. The summed E-state index contributed by atoms with van der Waals surface area (Å²) < 4.78 is 5.45. The minimum absolute atomic E-state index is 0. The molecule has 1 aliphatic heterocycles. The minimum Gasteiger partial charge on any atom is -0.377 e. The van der Waals surface area contributed by atoms with Crippen LogP contribution in [0.15, 0.2) is 53.7 Å². The average Bonchev–Trinajstić information content (AvgIpc) is 2.74. The van der Waals surface area contributed by atoms with E-state index in [0.29, 0.717) is 6.61 Å². The van der Waals surface area contributed by atoms with E-state index in [0.717, 1.165) is 51.1 Å². The Labute approximate surface area is 185 Å². The van der Waals surface area contributed by atoms with Crippen molar-refractivity contribution >= 4 is 35.8 Å². The number of nitrogens with one attached hydrogen (secondary N) is 1. The molecule has 1 aliphatic rings. The van der Waals surface area contributed by atoms with E-state index in [4.69, 9.17) is 4.74 Å². The fraction of sp³-hybridized carbons (Fsp3) is 0.429. The van der Waals surface area contributed by atoms with Crippen molar-refractivity contribution in [2.24, 2.45) is 4.99 Å². The van der Waals surface area contributed by atoms with Crippen molar-refractivity contribution < 1.29 is 4.74 Å². The van der Waals surface area contributed by atoms with Crippen LogP contribution in [0.2, 0.25) is 0 Å². The van der Waals surface area contributed by atoms with Gasteiger partial charge in [0, 0.05) is 52.6 Å². The number of pyridine rings is 1. The van der Waals surface area contributed by atoms with Crippen LogP contribution in [0, 0.1) is 0 Å².